The van der Waals surface area contributed by atoms with Gasteiger partial charge in [0, 0.05) is 16.5 Å². The molecule has 1 aromatic heterocycles. The molecule has 0 radical (unpaired) electrons. The van der Waals surface area contributed by atoms with Crippen LogP contribution in [0.25, 0.3) is 10.6 Å². The van der Waals surface area contributed by atoms with Gasteiger partial charge in [0.05, 0.1) is 5.69 Å². The smallest absolute Gasteiger partial charge is 0.123 e. The second-order valence-corrected chi connectivity index (χ2v) is 5.66. The zero-order chi connectivity index (χ0) is 12.4. The molecule has 0 aliphatic heterocycles. The van der Waals surface area contributed by atoms with E-state index in [9.17, 15) is 0 Å². The molecule has 3 heteroatoms. The Kier molecular flexibility index (Phi) is 3.60. The first-order chi connectivity index (χ1) is 8.06. The van der Waals surface area contributed by atoms with E-state index < -0.39 is 0 Å². The van der Waals surface area contributed by atoms with Crippen molar-refractivity contribution in [2.75, 3.05) is 0 Å². The van der Waals surface area contributed by atoms with Gasteiger partial charge in [-0.2, -0.15) is 0 Å². The summed E-state index contributed by atoms with van der Waals surface area (Å²) >= 11 is 1.76. The number of aromatic nitrogens is 1. The molecule has 0 aliphatic rings. The van der Waals surface area contributed by atoms with E-state index in [0.717, 1.165) is 17.1 Å². The lowest BCUT2D eigenvalue weighted by Gasteiger charge is -2.01. The van der Waals surface area contributed by atoms with E-state index in [-0.39, 0.29) is 6.04 Å². The van der Waals surface area contributed by atoms with Gasteiger partial charge in [-0.15, -0.1) is 11.3 Å². The summed E-state index contributed by atoms with van der Waals surface area (Å²) in [5.41, 5.74) is 9.43. The highest BCUT2D eigenvalue weighted by atomic mass is 32.1. The van der Waals surface area contributed by atoms with Gasteiger partial charge in [-0.3, -0.25) is 0 Å². The van der Waals surface area contributed by atoms with Crippen LogP contribution in [0.4, 0.5) is 0 Å². The van der Waals surface area contributed by atoms with Crippen LogP contribution in [-0.2, 0) is 6.42 Å². The lowest BCUT2D eigenvalue weighted by Crippen LogP contribution is -2.17. The number of nitrogens with zero attached hydrogens (tertiary/aromatic N) is 1. The molecule has 0 saturated heterocycles. The van der Waals surface area contributed by atoms with Crippen LogP contribution in [0.1, 0.15) is 23.1 Å². The Bertz CT molecular complexity index is 515. The zero-order valence-corrected chi connectivity index (χ0v) is 11.3. The first kappa shape index (κ1) is 12.3. The van der Waals surface area contributed by atoms with Gasteiger partial charge in [-0.1, -0.05) is 23.8 Å². The fourth-order valence-corrected chi connectivity index (χ4v) is 3.01. The first-order valence-corrected chi connectivity index (χ1v) is 6.67. The monoisotopic (exact) mass is 246 g/mol. The molecule has 2 aromatic rings. The van der Waals surface area contributed by atoms with Crippen molar-refractivity contribution in [3.63, 3.8) is 0 Å². The predicted octanol–water partition coefficient (Wildman–Crippen LogP) is 3.32. The normalized spacial score (nSPS) is 12.7. The van der Waals surface area contributed by atoms with Gasteiger partial charge < -0.3 is 5.73 Å². The van der Waals surface area contributed by atoms with E-state index in [1.807, 2.05) is 6.92 Å². The number of rotatable bonds is 3. The van der Waals surface area contributed by atoms with Crippen LogP contribution in [-0.4, -0.2) is 11.0 Å². The standard InChI is InChI=1S/C14H18N2S/c1-9-5-4-6-12(7-9)14-16-11(3)13(17-14)8-10(2)15/h4-7,10H,8,15H2,1-3H3. The van der Waals surface area contributed by atoms with E-state index in [4.69, 9.17) is 5.73 Å². The van der Waals surface area contributed by atoms with Gasteiger partial charge in [-0.05, 0) is 33.3 Å². The Balaban J connectivity index is 2.34. The molecule has 1 unspecified atom stereocenters. The van der Waals surface area contributed by atoms with Crippen molar-refractivity contribution >= 4 is 11.3 Å². The lowest BCUT2D eigenvalue weighted by atomic mass is 10.1. The molecule has 0 aliphatic carbocycles. The number of aryl methyl sites for hydroxylation is 2. The molecule has 2 N–H and O–H groups in total. The molecule has 0 saturated carbocycles. The fraction of sp³-hybridized carbons (Fsp3) is 0.357. The Labute approximate surface area is 107 Å². The van der Waals surface area contributed by atoms with Crippen molar-refractivity contribution in [1.29, 1.82) is 0 Å². The maximum Gasteiger partial charge on any atom is 0.123 e. The van der Waals surface area contributed by atoms with Crippen LogP contribution in [0.5, 0.6) is 0 Å². The molecule has 0 amide bonds. The minimum atomic E-state index is 0.194. The summed E-state index contributed by atoms with van der Waals surface area (Å²) in [5, 5.41) is 1.10. The molecule has 1 aromatic carbocycles. The Hall–Kier alpha value is -1.19. The molecule has 90 valence electrons. The molecule has 2 rings (SSSR count). The molecule has 0 fully saturated rings. The maximum atomic E-state index is 5.84. The SMILES string of the molecule is Cc1cccc(-c2nc(C)c(CC(C)N)s2)c1. The van der Waals surface area contributed by atoms with E-state index in [2.05, 4.69) is 43.1 Å². The summed E-state index contributed by atoms with van der Waals surface area (Å²) in [6.45, 7) is 6.20. The van der Waals surface area contributed by atoms with Crippen molar-refractivity contribution in [3.8, 4) is 10.6 Å². The van der Waals surface area contributed by atoms with Crippen molar-refractivity contribution < 1.29 is 0 Å². The van der Waals surface area contributed by atoms with Crippen molar-refractivity contribution in [3.05, 3.63) is 40.4 Å². The highest BCUT2D eigenvalue weighted by Crippen LogP contribution is 2.28. The van der Waals surface area contributed by atoms with E-state index >= 15 is 0 Å². The molecular formula is C14H18N2S. The van der Waals surface area contributed by atoms with Gasteiger partial charge in [0.15, 0.2) is 0 Å². The van der Waals surface area contributed by atoms with E-state index in [1.165, 1.54) is 16.0 Å². The summed E-state index contributed by atoms with van der Waals surface area (Å²) in [6.07, 6.45) is 0.912. The van der Waals surface area contributed by atoms with Crippen molar-refractivity contribution in [2.45, 2.75) is 33.2 Å². The third kappa shape index (κ3) is 2.93. The van der Waals surface area contributed by atoms with Gasteiger partial charge in [-0.25, -0.2) is 4.98 Å². The van der Waals surface area contributed by atoms with Gasteiger partial charge in [0.2, 0.25) is 0 Å². The Morgan fingerprint density at radius 1 is 1.35 bits per heavy atom. The zero-order valence-electron chi connectivity index (χ0n) is 10.5. The second kappa shape index (κ2) is 4.98. The third-order valence-corrected chi connectivity index (χ3v) is 3.89. The predicted molar refractivity (Wildman–Crippen MR) is 74.4 cm³/mol. The molecule has 17 heavy (non-hydrogen) atoms. The van der Waals surface area contributed by atoms with Crippen LogP contribution in [0.3, 0.4) is 0 Å². The molecule has 0 spiro atoms. The largest absolute Gasteiger partial charge is 0.328 e. The van der Waals surface area contributed by atoms with E-state index in [1.54, 1.807) is 11.3 Å². The fourth-order valence-electron chi connectivity index (χ4n) is 1.81. The third-order valence-electron chi connectivity index (χ3n) is 2.67. The minimum absolute atomic E-state index is 0.194. The van der Waals surface area contributed by atoms with Crippen LogP contribution in [0.15, 0.2) is 24.3 Å². The van der Waals surface area contributed by atoms with Gasteiger partial charge >= 0.3 is 0 Å². The van der Waals surface area contributed by atoms with Crippen molar-refractivity contribution in [1.82, 2.24) is 4.98 Å². The molecule has 1 atom stereocenters. The molecular weight excluding hydrogens is 228 g/mol. The minimum Gasteiger partial charge on any atom is -0.328 e. The van der Waals surface area contributed by atoms with Gasteiger partial charge in [0.1, 0.15) is 5.01 Å². The number of hydrogen-bond acceptors (Lipinski definition) is 3. The number of nitrogens with two attached hydrogens (primary N) is 1. The molecule has 0 bridgehead atoms. The average Bonchev–Trinajstić information content (AvgIpc) is 2.59. The average molecular weight is 246 g/mol. The second-order valence-electron chi connectivity index (χ2n) is 4.58. The summed E-state index contributed by atoms with van der Waals surface area (Å²) in [5.74, 6) is 0. The topological polar surface area (TPSA) is 38.9 Å². The highest BCUT2D eigenvalue weighted by Gasteiger charge is 2.10. The number of hydrogen-bond donors (Lipinski definition) is 1. The van der Waals surface area contributed by atoms with Crippen molar-refractivity contribution in [2.24, 2.45) is 5.73 Å². The quantitative estimate of drug-likeness (QED) is 0.902. The van der Waals surface area contributed by atoms with Crippen LogP contribution in [0.2, 0.25) is 0 Å². The maximum absolute atomic E-state index is 5.84. The summed E-state index contributed by atoms with van der Waals surface area (Å²) in [4.78, 5) is 5.94. The molecule has 1 heterocycles. The summed E-state index contributed by atoms with van der Waals surface area (Å²) in [7, 11) is 0. The highest BCUT2D eigenvalue weighted by molar-refractivity contribution is 7.15. The van der Waals surface area contributed by atoms with Crippen LogP contribution < -0.4 is 5.73 Å². The van der Waals surface area contributed by atoms with Crippen LogP contribution in [0, 0.1) is 13.8 Å². The van der Waals surface area contributed by atoms with Gasteiger partial charge in [0.25, 0.3) is 0 Å². The number of thiazole rings is 1. The Morgan fingerprint density at radius 2 is 2.12 bits per heavy atom. The summed E-state index contributed by atoms with van der Waals surface area (Å²) in [6, 6.07) is 8.66. The Morgan fingerprint density at radius 3 is 2.76 bits per heavy atom. The molecule has 2 nitrogen and oxygen atoms in total. The number of benzene rings is 1. The van der Waals surface area contributed by atoms with Crippen LogP contribution >= 0.6 is 11.3 Å². The lowest BCUT2D eigenvalue weighted by molar-refractivity contribution is 0.742. The first-order valence-electron chi connectivity index (χ1n) is 5.85. The summed E-state index contributed by atoms with van der Waals surface area (Å²) < 4.78 is 0. The van der Waals surface area contributed by atoms with E-state index in [0.29, 0.717) is 0 Å².